The van der Waals surface area contributed by atoms with Crippen LogP contribution in [0.5, 0.6) is 0 Å². The summed E-state index contributed by atoms with van der Waals surface area (Å²) in [7, 11) is 0. The van der Waals surface area contributed by atoms with E-state index in [4.69, 9.17) is 4.98 Å². The number of hydrogen-bond donors (Lipinski definition) is 0. The maximum Gasteiger partial charge on any atom is 0.232 e. The smallest absolute Gasteiger partial charge is 0.232 e. The highest BCUT2D eigenvalue weighted by molar-refractivity contribution is 7.27. The minimum atomic E-state index is 0.266. The Hall–Kier alpha value is -9.61. The zero-order valence-electron chi connectivity index (χ0n) is 40.0. The van der Waals surface area contributed by atoms with Gasteiger partial charge in [-0.25, -0.2) is 4.85 Å². The van der Waals surface area contributed by atoms with Crippen LogP contribution in [-0.2, 0) is 0 Å². The summed E-state index contributed by atoms with van der Waals surface area (Å²) in [6.45, 7) is 9.60. The molecule has 0 bridgehead atoms. The van der Waals surface area contributed by atoms with Crippen LogP contribution in [-0.4, -0.2) is 18.7 Å². The molecule has 7 heterocycles. The number of aromatic nitrogens is 4. The molecule has 0 fully saturated rings. The van der Waals surface area contributed by atoms with Crippen molar-refractivity contribution in [2.75, 3.05) is 0 Å². The summed E-state index contributed by atoms with van der Waals surface area (Å²) in [5.41, 5.74) is 9.99. The molecular weight excluding hydrogens is 985 g/mol. The number of nitrogens with zero attached hydrogens (tertiary/aromatic N) is 6. The number of benzene rings is 10. The fourth-order valence-corrected chi connectivity index (χ4v) is 16.6. The molecule has 0 aliphatic heterocycles. The van der Waals surface area contributed by atoms with Gasteiger partial charge in [-0.3, -0.25) is 4.98 Å². The molecule has 76 heavy (non-hydrogen) atoms. The van der Waals surface area contributed by atoms with Crippen LogP contribution >= 0.6 is 34.0 Å². The molecule has 350 valence electrons. The highest BCUT2D eigenvalue weighted by Crippen LogP contribution is 2.54. The van der Waals surface area contributed by atoms with Crippen LogP contribution in [0.4, 0.5) is 5.69 Å². The van der Waals surface area contributed by atoms with E-state index >= 15 is 0 Å². The normalized spacial score (nSPS) is 12.2. The second kappa shape index (κ2) is 15.5. The van der Waals surface area contributed by atoms with Crippen molar-refractivity contribution in [3.8, 4) is 34.3 Å². The standard InChI is InChI=1S/C67H34N6S3/c1-69-61-47(35-68)62(71-48-22-8-2-19-44(48)58-51(71)31-28-41-38-16-5-11-25-54(38)74-65(41)58)57(37-15-14-34-70-36-37)63(72-49-23-9-3-20-45(49)59-52(72)32-29-42-39-17-6-12-26-55(39)75-66(42)59)64(61)73-50-24-10-4-21-46(50)60-53(73)33-30-43-40-18-7-13-27-56(40)76-67(43)60/h2-34,36H. The molecule has 7 aromatic heterocycles. The third-order valence-corrected chi connectivity index (χ3v) is 19.4. The van der Waals surface area contributed by atoms with Crippen molar-refractivity contribution >= 4 is 166 Å². The van der Waals surface area contributed by atoms with E-state index in [0.29, 0.717) is 11.4 Å². The Balaban J connectivity index is 1.15. The maximum absolute atomic E-state index is 12.2. The van der Waals surface area contributed by atoms with Gasteiger partial charge in [0.05, 0.1) is 68.4 Å². The molecule has 17 rings (SSSR count). The third-order valence-electron chi connectivity index (χ3n) is 15.8. The van der Waals surface area contributed by atoms with Crippen LogP contribution in [0.1, 0.15) is 5.56 Å². The van der Waals surface area contributed by atoms with Gasteiger partial charge in [0.15, 0.2) is 0 Å². The van der Waals surface area contributed by atoms with Crippen LogP contribution < -0.4 is 0 Å². The molecule has 0 amide bonds. The molecule has 0 N–H and O–H groups in total. The molecular formula is C67H34N6S3. The molecule has 0 atom stereocenters. The van der Waals surface area contributed by atoms with Crippen molar-refractivity contribution < 1.29 is 0 Å². The average molecular weight is 1020 g/mol. The Bertz CT molecular complexity index is 5510. The minimum absolute atomic E-state index is 0.266. The van der Waals surface area contributed by atoms with Crippen LogP contribution in [0.25, 0.3) is 159 Å². The molecule has 9 heteroatoms. The first kappa shape index (κ1) is 41.8. The fraction of sp³-hybridized carbons (Fsp3) is 0. The first-order valence-electron chi connectivity index (χ1n) is 25.1. The molecule has 17 aromatic rings. The van der Waals surface area contributed by atoms with Gasteiger partial charge in [-0.2, -0.15) is 5.26 Å². The molecule has 0 unspecified atom stereocenters. The predicted molar refractivity (Wildman–Crippen MR) is 322 cm³/mol. The number of thiophene rings is 3. The lowest BCUT2D eigenvalue weighted by atomic mass is 9.94. The van der Waals surface area contributed by atoms with Crippen molar-refractivity contribution in [3.05, 3.63) is 223 Å². The van der Waals surface area contributed by atoms with Gasteiger partial charge in [0.2, 0.25) is 5.69 Å². The van der Waals surface area contributed by atoms with E-state index < -0.39 is 0 Å². The second-order valence-electron chi connectivity index (χ2n) is 19.5. The Kier molecular flexibility index (Phi) is 8.51. The molecule has 0 saturated heterocycles. The number of rotatable bonds is 4. The largest absolute Gasteiger partial charge is 0.317 e. The van der Waals surface area contributed by atoms with Crippen LogP contribution in [0.15, 0.2) is 207 Å². The third kappa shape index (κ3) is 5.38. The molecule has 10 aromatic carbocycles. The molecule has 0 aliphatic carbocycles. The second-order valence-corrected chi connectivity index (χ2v) is 22.6. The number of nitriles is 1. The van der Waals surface area contributed by atoms with E-state index in [1.165, 1.54) is 60.5 Å². The molecule has 6 nitrogen and oxygen atoms in total. The zero-order chi connectivity index (χ0) is 49.9. The summed E-state index contributed by atoms with van der Waals surface area (Å²) in [5.74, 6) is 0. The SMILES string of the molecule is [C-]#[N+]c1c(C#N)c(-n2c3ccccc3c3c4sc5ccccc5c4ccc32)c(-c2cccnc2)c(-n2c3ccccc3c3c4sc5ccccc5c4ccc32)c1-n1c2ccccc2c2c3sc4ccccc4c3ccc21. The maximum atomic E-state index is 12.2. The Morgan fingerprint density at radius 3 is 1.20 bits per heavy atom. The van der Waals surface area contributed by atoms with Gasteiger partial charge in [0.1, 0.15) is 0 Å². The van der Waals surface area contributed by atoms with E-state index in [0.717, 1.165) is 82.2 Å². The first-order valence-corrected chi connectivity index (χ1v) is 27.6. The summed E-state index contributed by atoms with van der Waals surface area (Å²) in [6, 6.07) is 72.1. The molecule has 0 aliphatic rings. The molecule has 0 spiro atoms. The van der Waals surface area contributed by atoms with E-state index in [1.807, 2.05) is 29.8 Å². The fourth-order valence-electron chi connectivity index (χ4n) is 12.8. The Morgan fingerprint density at radius 2 is 0.789 bits per heavy atom. The van der Waals surface area contributed by atoms with Crippen molar-refractivity contribution in [2.24, 2.45) is 0 Å². The van der Waals surface area contributed by atoms with E-state index in [-0.39, 0.29) is 11.3 Å². The van der Waals surface area contributed by atoms with Crippen LogP contribution in [0, 0.1) is 17.9 Å². The van der Waals surface area contributed by atoms with Crippen LogP contribution in [0.3, 0.4) is 0 Å². The predicted octanol–water partition coefficient (Wildman–Crippen LogP) is 19.6. The lowest BCUT2D eigenvalue weighted by Gasteiger charge is -2.27. The quantitative estimate of drug-likeness (QED) is 0.165. The monoisotopic (exact) mass is 1020 g/mol. The summed E-state index contributed by atoms with van der Waals surface area (Å²) < 4.78 is 14.2. The van der Waals surface area contributed by atoms with Gasteiger partial charge >= 0.3 is 0 Å². The van der Waals surface area contributed by atoms with Crippen molar-refractivity contribution in [1.29, 1.82) is 5.26 Å². The highest BCUT2D eigenvalue weighted by Gasteiger charge is 2.34. The van der Waals surface area contributed by atoms with E-state index in [2.05, 4.69) is 213 Å². The highest BCUT2D eigenvalue weighted by atomic mass is 32.1. The number of fused-ring (bicyclic) bond motifs is 21. The summed E-state index contributed by atoms with van der Waals surface area (Å²) in [4.78, 5) is 9.50. The summed E-state index contributed by atoms with van der Waals surface area (Å²) in [6.07, 6.45) is 3.73. The minimum Gasteiger partial charge on any atom is -0.317 e. The van der Waals surface area contributed by atoms with Gasteiger partial charge in [0.25, 0.3) is 0 Å². The summed E-state index contributed by atoms with van der Waals surface area (Å²) >= 11 is 5.43. The van der Waals surface area contributed by atoms with Gasteiger partial charge in [0, 0.05) is 116 Å². The molecule has 0 radical (unpaired) electrons. The van der Waals surface area contributed by atoms with Gasteiger partial charge in [-0.1, -0.05) is 133 Å². The van der Waals surface area contributed by atoms with Crippen molar-refractivity contribution in [2.45, 2.75) is 0 Å². The van der Waals surface area contributed by atoms with Crippen molar-refractivity contribution in [3.63, 3.8) is 0 Å². The number of hydrogen-bond acceptors (Lipinski definition) is 5. The lowest BCUT2D eigenvalue weighted by molar-refractivity contribution is 1.08. The Labute approximate surface area is 444 Å². The number of para-hydroxylation sites is 3. The lowest BCUT2D eigenvalue weighted by Crippen LogP contribution is -2.12. The van der Waals surface area contributed by atoms with Gasteiger partial charge < -0.3 is 13.7 Å². The first-order chi connectivity index (χ1) is 37.7. The summed E-state index contributed by atoms with van der Waals surface area (Å²) in [5, 5.41) is 26.1. The topological polar surface area (TPSA) is 55.8 Å². The molecule has 0 saturated carbocycles. The van der Waals surface area contributed by atoms with Crippen molar-refractivity contribution in [1.82, 2.24) is 18.7 Å². The van der Waals surface area contributed by atoms with Gasteiger partial charge in [-0.15, -0.1) is 34.0 Å². The van der Waals surface area contributed by atoms with Gasteiger partial charge in [-0.05, 0) is 60.7 Å². The van der Waals surface area contributed by atoms with E-state index in [1.54, 1.807) is 22.7 Å². The Morgan fingerprint density at radius 1 is 0.395 bits per heavy atom. The zero-order valence-corrected chi connectivity index (χ0v) is 42.5. The average Bonchev–Trinajstić information content (AvgIpc) is 4.48. The number of pyridine rings is 1. The van der Waals surface area contributed by atoms with Crippen LogP contribution in [0.2, 0.25) is 0 Å². The van der Waals surface area contributed by atoms with E-state index in [9.17, 15) is 11.8 Å².